The van der Waals surface area contributed by atoms with E-state index < -0.39 is 0 Å². The van der Waals surface area contributed by atoms with Crippen LogP contribution in [-0.2, 0) is 16.0 Å². The topological polar surface area (TPSA) is 40.6 Å². The predicted octanol–water partition coefficient (Wildman–Crippen LogP) is 1.76. The summed E-state index contributed by atoms with van der Waals surface area (Å²) in [7, 11) is 0. The number of carbonyl (C=O) groups is 2. The molecule has 3 rings (SSSR count). The van der Waals surface area contributed by atoms with Gasteiger partial charge in [-0.2, -0.15) is 11.3 Å². The molecule has 0 radical (unpaired) electrons. The summed E-state index contributed by atoms with van der Waals surface area (Å²) < 4.78 is 0. The van der Waals surface area contributed by atoms with Gasteiger partial charge in [0.05, 0.1) is 6.42 Å². The molecule has 1 aromatic rings. The summed E-state index contributed by atoms with van der Waals surface area (Å²) in [5, 5.41) is 4.03. The van der Waals surface area contributed by atoms with Crippen molar-refractivity contribution in [3.05, 3.63) is 22.4 Å². The molecule has 2 heterocycles. The van der Waals surface area contributed by atoms with Crippen LogP contribution in [0.1, 0.15) is 24.8 Å². The third-order valence-electron chi connectivity index (χ3n) is 4.02. The van der Waals surface area contributed by atoms with E-state index in [-0.39, 0.29) is 11.8 Å². The summed E-state index contributed by atoms with van der Waals surface area (Å²) in [4.78, 5) is 28.2. The molecule has 0 N–H and O–H groups in total. The summed E-state index contributed by atoms with van der Waals surface area (Å²) in [6, 6.07) is 2.00. The molecule has 0 atom stereocenters. The van der Waals surface area contributed by atoms with Crippen molar-refractivity contribution in [1.29, 1.82) is 0 Å². The lowest BCUT2D eigenvalue weighted by atomic mass is 10.2. The molecule has 1 aromatic heterocycles. The Morgan fingerprint density at radius 3 is 2.60 bits per heavy atom. The van der Waals surface area contributed by atoms with Crippen molar-refractivity contribution < 1.29 is 9.59 Å². The van der Waals surface area contributed by atoms with Crippen LogP contribution in [0.5, 0.6) is 0 Å². The standard InChI is InChI=1S/C15H20N2O2S/c18-14(10-12-4-9-20-11-12)16-5-1-6-17(8-7-16)15(19)13-2-3-13/h4,9,11,13H,1-3,5-8,10H2. The van der Waals surface area contributed by atoms with Gasteiger partial charge in [0, 0.05) is 32.1 Å². The van der Waals surface area contributed by atoms with Gasteiger partial charge in [-0.25, -0.2) is 0 Å². The summed E-state index contributed by atoms with van der Waals surface area (Å²) in [6.45, 7) is 2.96. The zero-order valence-corrected chi connectivity index (χ0v) is 12.4. The van der Waals surface area contributed by atoms with E-state index in [2.05, 4.69) is 0 Å². The Labute approximate surface area is 123 Å². The number of thiophene rings is 1. The normalized spacial score (nSPS) is 19.8. The minimum Gasteiger partial charge on any atom is -0.341 e. The first-order valence-corrected chi connectivity index (χ1v) is 8.26. The van der Waals surface area contributed by atoms with Gasteiger partial charge >= 0.3 is 0 Å². The molecule has 1 aliphatic carbocycles. The lowest BCUT2D eigenvalue weighted by molar-refractivity contribution is -0.134. The second-order valence-electron chi connectivity index (χ2n) is 5.64. The fraction of sp³-hybridized carbons (Fsp3) is 0.600. The number of amides is 2. The Morgan fingerprint density at radius 2 is 1.90 bits per heavy atom. The second kappa shape index (κ2) is 5.95. The van der Waals surface area contributed by atoms with E-state index in [1.807, 2.05) is 26.6 Å². The third-order valence-corrected chi connectivity index (χ3v) is 4.75. The zero-order valence-electron chi connectivity index (χ0n) is 11.6. The van der Waals surface area contributed by atoms with E-state index in [0.29, 0.717) is 25.4 Å². The molecule has 1 saturated carbocycles. The van der Waals surface area contributed by atoms with Gasteiger partial charge in [-0.3, -0.25) is 9.59 Å². The minimum atomic E-state index is 0.184. The van der Waals surface area contributed by atoms with Crippen LogP contribution >= 0.6 is 11.3 Å². The maximum Gasteiger partial charge on any atom is 0.227 e. The maximum atomic E-state index is 12.3. The minimum absolute atomic E-state index is 0.184. The molecule has 2 amide bonds. The molecule has 0 aromatic carbocycles. The van der Waals surface area contributed by atoms with E-state index in [9.17, 15) is 9.59 Å². The molecule has 0 bridgehead atoms. The van der Waals surface area contributed by atoms with Gasteiger partial charge in [-0.1, -0.05) is 0 Å². The largest absolute Gasteiger partial charge is 0.341 e. The Bertz CT molecular complexity index is 482. The molecule has 0 unspecified atom stereocenters. The second-order valence-corrected chi connectivity index (χ2v) is 6.42. The van der Waals surface area contributed by atoms with Crippen LogP contribution in [0.25, 0.3) is 0 Å². The molecular formula is C15H20N2O2S. The van der Waals surface area contributed by atoms with E-state index >= 15 is 0 Å². The highest BCUT2D eigenvalue weighted by Crippen LogP contribution is 2.31. The number of carbonyl (C=O) groups excluding carboxylic acids is 2. The Kier molecular flexibility index (Phi) is 4.05. The number of hydrogen-bond donors (Lipinski definition) is 0. The van der Waals surface area contributed by atoms with Crippen LogP contribution in [0.4, 0.5) is 0 Å². The van der Waals surface area contributed by atoms with Gasteiger partial charge in [-0.05, 0) is 41.7 Å². The van der Waals surface area contributed by atoms with Crippen molar-refractivity contribution >= 4 is 23.2 Å². The molecule has 0 spiro atoms. The lowest BCUT2D eigenvalue weighted by Gasteiger charge is -2.22. The van der Waals surface area contributed by atoms with Crippen molar-refractivity contribution in [3.8, 4) is 0 Å². The van der Waals surface area contributed by atoms with Gasteiger partial charge in [0.25, 0.3) is 0 Å². The first kappa shape index (κ1) is 13.6. The number of hydrogen-bond acceptors (Lipinski definition) is 3. The van der Waals surface area contributed by atoms with Crippen molar-refractivity contribution in [3.63, 3.8) is 0 Å². The van der Waals surface area contributed by atoms with E-state index in [1.165, 1.54) is 0 Å². The smallest absolute Gasteiger partial charge is 0.227 e. The quantitative estimate of drug-likeness (QED) is 0.852. The average molecular weight is 292 g/mol. The van der Waals surface area contributed by atoms with E-state index in [0.717, 1.165) is 37.9 Å². The van der Waals surface area contributed by atoms with E-state index in [1.54, 1.807) is 11.3 Å². The van der Waals surface area contributed by atoms with Gasteiger partial charge < -0.3 is 9.80 Å². The highest BCUT2D eigenvalue weighted by Gasteiger charge is 2.34. The third kappa shape index (κ3) is 3.20. The van der Waals surface area contributed by atoms with Crippen molar-refractivity contribution in [1.82, 2.24) is 9.80 Å². The maximum absolute atomic E-state index is 12.3. The fourth-order valence-electron chi connectivity index (χ4n) is 2.66. The van der Waals surface area contributed by atoms with Crippen molar-refractivity contribution in [2.24, 2.45) is 5.92 Å². The summed E-state index contributed by atoms with van der Waals surface area (Å²) >= 11 is 1.62. The van der Waals surface area contributed by atoms with Gasteiger partial charge in [0.15, 0.2) is 0 Å². The van der Waals surface area contributed by atoms with Gasteiger partial charge in [-0.15, -0.1) is 0 Å². The van der Waals surface area contributed by atoms with Crippen LogP contribution in [0, 0.1) is 5.92 Å². The van der Waals surface area contributed by atoms with Crippen LogP contribution in [0.2, 0.25) is 0 Å². The van der Waals surface area contributed by atoms with Crippen LogP contribution in [0.3, 0.4) is 0 Å². The number of nitrogens with zero attached hydrogens (tertiary/aromatic N) is 2. The van der Waals surface area contributed by atoms with Gasteiger partial charge in [0.1, 0.15) is 0 Å². The SMILES string of the molecule is O=C(Cc1ccsc1)N1CCCN(C(=O)C2CC2)CC1. The molecule has 1 saturated heterocycles. The summed E-state index contributed by atoms with van der Waals surface area (Å²) in [5.74, 6) is 0.768. The summed E-state index contributed by atoms with van der Waals surface area (Å²) in [5.41, 5.74) is 1.09. The Balaban J connectivity index is 1.53. The highest BCUT2D eigenvalue weighted by molar-refractivity contribution is 7.07. The first-order valence-electron chi connectivity index (χ1n) is 7.31. The highest BCUT2D eigenvalue weighted by atomic mass is 32.1. The van der Waals surface area contributed by atoms with Crippen LogP contribution < -0.4 is 0 Å². The Hall–Kier alpha value is -1.36. The molecule has 4 nitrogen and oxygen atoms in total. The molecular weight excluding hydrogens is 272 g/mol. The van der Waals surface area contributed by atoms with Crippen molar-refractivity contribution in [2.75, 3.05) is 26.2 Å². The first-order chi connectivity index (χ1) is 9.74. The van der Waals surface area contributed by atoms with Crippen molar-refractivity contribution in [2.45, 2.75) is 25.7 Å². The zero-order chi connectivity index (χ0) is 13.9. The lowest BCUT2D eigenvalue weighted by Crippen LogP contribution is -2.38. The molecule has 5 heteroatoms. The molecule has 1 aliphatic heterocycles. The Morgan fingerprint density at radius 1 is 1.15 bits per heavy atom. The van der Waals surface area contributed by atoms with Crippen LogP contribution in [0.15, 0.2) is 16.8 Å². The van der Waals surface area contributed by atoms with Crippen LogP contribution in [-0.4, -0.2) is 47.8 Å². The molecule has 108 valence electrons. The average Bonchev–Trinajstić information content (AvgIpc) is 3.22. The molecule has 2 aliphatic rings. The predicted molar refractivity (Wildman–Crippen MR) is 78.5 cm³/mol. The monoisotopic (exact) mass is 292 g/mol. The number of rotatable bonds is 3. The fourth-order valence-corrected chi connectivity index (χ4v) is 3.32. The van der Waals surface area contributed by atoms with Gasteiger partial charge in [0.2, 0.25) is 11.8 Å². The summed E-state index contributed by atoms with van der Waals surface area (Å²) in [6.07, 6.45) is 3.49. The molecule has 2 fully saturated rings. The van der Waals surface area contributed by atoms with E-state index in [4.69, 9.17) is 0 Å². The molecule has 20 heavy (non-hydrogen) atoms.